The van der Waals surface area contributed by atoms with E-state index in [0.29, 0.717) is 10.2 Å². The van der Waals surface area contributed by atoms with E-state index < -0.39 is 17.7 Å². The fraction of sp³-hybridized carbons (Fsp3) is 0.357. The standard InChI is InChI=1S/C14H15BrF2N2O/c1-8(2)19-14(10(15)7-18-19)12(20)6-9-4-3-5-11(16)13(9)17/h3-5,7-8,12,20H,6H2,1-2H3. The molecule has 1 unspecified atom stereocenters. The van der Waals surface area contributed by atoms with Crippen LogP contribution in [-0.2, 0) is 6.42 Å². The fourth-order valence-electron chi connectivity index (χ4n) is 2.09. The zero-order chi connectivity index (χ0) is 14.9. The normalized spacial score (nSPS) is 12.9. The van der Waals surface area contributed by atoms with Crippen LogP contribution in [0, 0.1) is 11.6 Å². The van der Waals surface area contributed by atoms with Crippen molar-refractivity contribution in [2.24, 2.45) is 0 Å². The van der Waals surface area contributed by atoms with Crippen LogP contribution >= 0.6 is 15.9 Å². The van der Waals surface area contributed by atoms with Crippen molar-refractivity contribution in [3.05, 3.63) is 51.8 Å². The molecule has 0 aliphatic rings. The Bertz CT molecular complexity index is 613. The quantitative estimate of drug-likeness (QED) is 0.916. The molecule has 1 aromatic heterocycles. The van der Waals surface area contributed by atoms with E-state index in [-0.39, 0.29) is 18.0 Å². The fourth-order valence-corrected chi connectivity index (χ4v) is 2.62. The van der Waals surface area contributed by atoms with E-state index in [0.717, 1.165) is 6.07 Å². The summed E-state index contributed by atoms with van der Waals surface area (Å²) in [4.78, 5) is 0. The molecular formula is C14H15BrF2N2O. The van der Waals surface area contributed by atoms with E-state index in [1.807, 2.05) is 13.8 Å². The molecule has 0 aliphatic heterocycles. The lowest BCUT2D eigenvalue weighted by Gasteiger charge is -2.17. The Morgan fingerprint density at radius 1 is 1.35 bits per heavy atom. The van der Waals surface area contributed by atoms with Crippen molar-refractivity contribution in [1.29, 1.82) is 0 Å². The molecule has 0 saturated carbocycles. The molecule has 2 aromatic rings. The summed E-state index contributed by atoms with van der Waals surface area (Å²) < 4.78 is 29.1. The van der Waals surface area contributed by atoms with E-state index >= 15 is 0 Å². The largest absolute Gasteiger partial charge is 0.386 e. The Balaban J connectivity index is 2.31. The lowest BCUT2D eigenvalue weighted by atomic mass is 10.0. The molecule has 0 spiro atoms. The van der Waals surface area contributed by atoms with E-state index in [2.05, 4.69) is 21.0 Å². The Kier molecular flexibility index (Phi) is 4.55. The molecular weight excluding hydrogens is 330 g/mol. The Morgan fingerprint density at radius 2 is 2.05 bits per heavy atom. The summed E-state index contributed by atoms with van der Waals surface area (Å²) in [7, 11) is 0. The van der Waals surface area contributed by atoms with E-state index in [1.54, 1.807) is 10.9 Å². The van der Waals surface area contributed by atoms with Crippen LogP contribution in [0.5, 0.6) is 0 Å². The van der Waals surface area contributed by atoms with E-state index in [1.165, 1.54) is 12.1 Å². The van der Waals surface area contributed by atoms with Gasteiger partial charge in [-0.25, -0.2) is 8.78 Å². The molecule has 1 atom stereocenters. The molecule has 6 heteroatoms. The minimum atomic E-state index is -0.967. The van der Waals surface area contributed by atoms with Crippen LogP contribution in [0.3, 0.4) is 0 Å². The SMILES string of the molecule is CC(C)n1ncc(Br)c1C(O)Cc1cccc(F)c1F. The summed E-state index contributed by atoms with van der Waals surface area (Å²) in [5.74, 6) is -1.83. The molecule has 1 aromatic carbocycles. The van der Waals surface area contributed by atoms with Crippen LogP contribution < -0.4 is 0 Å². The number of nitrogens with zero attached hydrogens (tertiary/aromatic N) is 2. The predicted molar refractivity (Wildman–Crippen MR) is 75.3 cm³/mol. The lowest BCUT2D eigenvalue weighted by Crippen LogP contribution is -2.14. The van der Waals surface area contributed by atoms with Gasteiger partial charge in [0, 0.05) is 12.5 Å². The molecule has 1 N–H and O–H groups in total. The van der Waals surface area contributed by atoms with Gasteiger partial charge in [0.1, 0.15) is 6.10 Å². The van der Waals surface area contributed by atoms with Gasteiger partial charge in [0.25, 0.3) is 0 Å². The summed E-state index contributed by atoms with van der Waals surface area (Å²) in [6.07, 6.45) is 0.603. The lowest BCUT2D eigenvalue weighted by molar-refractivity contribution is 0.162. The maximum absolute atomic E-state index is 13.6. The average molecular weight is 345 g/mol. The Labute approximate surface area is 124 Å². The second-order valence-corrected chi connectivity index (χ2v) is 5.70. The number of halogens is 3. The number of aliphatic hydroxyl groups excluding tert-OH is 1. The molecule has 0 amide bonds. The first-order chi connectivity index (χ1) is 9.41. The molecule has 108 valence electrons. The highest BCUT2D eigenvalue weighted by atomic mass is 79.9. The van der Waals surface area contributed by atoms with Gasteiger partial charge in [-0.15, -0.1) is 0 Å². The third-order valence-corrected chi connectivity index (χ3v) is 3.65. The van der Waals surface area contributed by atoms with Gasteiger partial charge in [-0.05, 0) is 41.4 Å². The van der Waals surface area contributed by atoms with Crippen molar-refractivity contribution in [2.75, 3.05) is 0 Å². The first-order valence-corrected chi connectivity index (χ1v) is 7.05. The van der Waals surface area contributed by atoms with Crippen molar-refractivity contribution >= 4 is 15.9 Å². The van der Waals surface area contributed by atoms with E-state index in [9.17, 15) is 13.9 Å². The molecule has 0 bridgehead atoms. The molecule has 0 radical (unpaired) electrons. The van der Waals surface area contributed by atoms with Gasteiger partial charge >= 0.3 is 0 Å². The second-order valence-electron chi connectivity index (χ2n) is 4.85. The second kappa shape index (κ2) is 6.01. The van der Waals surface area contributed by atoms with Crippen molar-refractivity contribution in [1.82, 2.24) is 9.78 Å². The molecule has 2 rings (SSSR count). The van der Waals surface area contributed by atoms with Gasteiger partial charge in [-0.1, -0.05) is 12.1 Å². The van der Waals surface area contributed by atoms with Gasteiger partial charge in [-0.3, -0.25) is 4.68 Å². The van der Waals surface area contributed by atoms with Crippen molar-refractivity contribution in [2.45, 2.75) is 32.4 Å². The van der Waals surface area contributed by atoms with Gasteiger partial charge < -0.3 is 5.11 Å². The highest BCUT2D eigenvalue weighted by Crippen LogP contribution is 2.29. The minimum absolute atomic E-state index is 0.0133. The van der Waals surface area contributed by atoms with Crippen molar-refractivity contribution in [3.8, 4) is 0 Å². The molecule has 0 fully saturated rings. The monoisotopic (exact) mass is 344 g/mol. The number of hydrogen-bond donors (Lipinski definition) is 1. The molecule has 0 saturated heterocycles. The van der Waals surface area contributed by atoms with Gasteiger partial charge in [0.2, 0.25) is 0 Å². The maximum atomic E-state index is 13.6. The number of hydrogen-bond acceptors (Lipinski definition) is 2. The van der Waals surface area contributed by atoms with Crippen molar-refractivity contribution < 1.29 is 13.9 Å². The first-order valence-electron chi connectivity index (χ1n) is 6.25. The number of rotatable bonds is 4. The summed E-state index contributed by atoms with van der Waals surface area (Å²) in [6.45, 7) is 3.86. The summed E-state index contributed by atoms with van der Waals surface area (Å²) in [6, 6.07) is 4.00. The van der Waals surface area contributed by atoms with E-state index in [4.69, 9.17) is 0 Å². The van der Waals surface area contributed by atoms with Crippen LogP contribution in [0.25, 0.3) is 0 Å². The highest BCUT2D eigenvalue weighted by molar-refractivity contribution is 9.10. The first kappa shape index (κ1) is 15.1. The number of aromatic nitrogens is 2. The van der Waals surface area contributed by atoms with Crippen molar-refractivity contribution in [3.63, 3.8) is 0 Å². The molecule has 0 aliphatic carbocycles. The third kappa shape index (κ3) is 2.91. The maximum Gasteiger partial charge on any atom is 0.162 e. The molecule has 3 nitrogen and oxygen atoms in total. The van der Waals surface area contributed by atoms with Gasteiger partial charge in [-0.2, -0.15) is 5.10 Å². The topological polar surface area (TPSA) is 38.0 Å². The summed E-state index contributed by atoms with van der Waals surface area (Å²) in [5, 5.41) is 14.5. The van der Waals surface area contributed by atoms with Gasteiger partial charge in [0.15, 0.2) is 11.6 Å². The zero-order valence-corrected chi connectivity index (χ0v) is 12.7. The molecule has 1 heterocycles. The smallest absolute Gasteiger partial charge is 0.162 e. The van der Waals surface area contributed by atoms with Crippen LogP contribution in [0.15, 0.2) is 28.9 Å². The minimum Gasteiger partial charge on any atom is -0.386 e. The van der Waals surface area contributed by atoms with Gasteiger partial charge in [0.05, 0.1) is 16.4 Å². The number of aliphatic hydroxyl groups is 1. The Hall–Kier alpha value is -1.27. The third-order valence-electron chi connectivity index (χ3n) is 3.04. The van der Waals surface area contributed by atoms with Crippen LogP contribution in [-0.4, -0.2) is 14.9 Å². The van der Waals surface area contributed by atoms with Crippen LogP contribution in [0.1, 0.15) is 37.3 Å². The van der Waals surface area contributed by atoms with Crippen LogP contribution in [0.4, 0.5) is 8.78 Å². The number of benzene rings is 1. The predicted octanol–water partition coefficient (Wildman–Crippen LogP) is 3.78. The summed E-state index contributed by atoms with van der Waals surface area (Å²) in [5.41, 5.74) is 0.699. The zero-order valence-electron chi connectivity index (χ0n) is 11.1. The highest BCUT2D eigenvalue weighted by Gasteiger charge is 2.21. The Morgan fingerprint density at radius 3 is 2.70 bits per heavy atom. The summed E-state index contributed by atoms with van der Waals surface area (Å²) >= 11 is 3.32. The average Bonchev–Trinajstić information content (AvgIpc) is 2.77. The molecule has 20 heavy (non-hydrogen) atoms. The van der Waals surface area contributed by atoms with Crippen LogP contribution in [0.2, 0.25) is 0 Å².